The molecular formula is C17H22N2O. The van der Waals surface area contributed by atoms with Crippen LogP contribution in [0.2, 0.25) is 0 Å². The van der Waals surface area contributed by atoms with E-state index in [0.717, 1.165) is 25.0 Å². The van der Waals surface area contributed by atoms with E-state index in [-0.39, 0.29) is 5.54 Å². The maximum absolute atomic E-state index is 9.71. The van der Waals surface area contributed by atoms with Gasteiger partial charge in [0.15, 0.2) is 0 Å². The monoisotopic (exact) mass is 270 g/mol. The number of nitrogens with one attached hydrogen (secondary N) is 1. The number of nitriles is 1. The molecule has 1 atom stereocenters. The number of fused-ring (bicyclic) bond motifs is 1. The quantitative estimate of drug-likeness (QED) is 0.918. The lowest BCUT2D eigenvalue weighted by Gasteiger charge is -2.35. The highest BCUT2D eigenvalue weighted by Gasteiger charge is 2.37. The molecule has 0 aromatic heterocycles. The summed E-state index contributed by atoms with van der Waals surface area (Å²) in [4.78, 5) is 0. The van der Waals surface area contributed by atoms with E-state index in [2.05, 4.69) is 23.5 Å². The van der Waals surface area contributed by atoms with Crippen molar-refractivity contribution in [1.29, 1.82) is 5.26 Å². The van der Waals surface area contributed by atoms with Crippen LogP contribution in [-0.2, 0) is 12.8 Å². The second kappa shape index (κ2) is 5.46. The molecule has 0 aliphatic heterocycles. The molecule has 3 heteroatoms. The molecule has 3 rings (SSSR count). The van der Waals surface area contributed by atoms with Gasteiger partial charge in [-0.15, -0.1) is 0 Å². The van der Waals surface area contributed by atoms with Gasteiger partial charge in [0, 0.05) is 12.5 Å². The summed E-state index contributed by atoms with van der Waals surface area (Å²) in [5, 5.41) is 13.4. The maximum atomic E-state index is 9.71. The van der Waals surface area contributed by atoms with Gasteiger partial charge in [-0.3, -0.25) is 5.32 Å². The maximum Gasteiger partial charge on any atom is 0.119 e. The van der Waals surface area contributed by atoms with Crippen LogP contribution < -0.4 is 10.1 Å². The Morgan fingerprint density at radius 3 is 2.80 bits per heavy atom. The highest BCUT2D eigenvalue weighted by Crippen LogP contribution is 2.32. The summed E-state index contributed by atoms with van der Waals surface area (Å²) in [6.45, 7) is 0. The van der Waals surface area contributed by atoms with Crippen LogP contribution in [0.1, 0.15) is 43.2 Å². The largest absolute Gasteiger partial charge is 0.497 e. The van der Waals surface area contributed by atoms with E-state index in [9.17, 15) is 5.26 Å². The van der Waals surface area contributed by atoms with E-state index in [4.69, 9.17) is 4.74 Å². The van der Waals surface area contributed by atoms with Gasteiger partial charge in [0.1, 0.15) is 11.3 Å². The van der Waals surface area contributed by atoms with Crippen LogP contribution in [0.5, 0.6) is 5.75 Å². The van der Waals surface area contributed by atoms with Gasteiger partial charge in [-0.2, -0.15) is 5.26 Å². The van der Waals surface area contributed by atoms with Gasteiger partial charge in [-0.25, -0.2) is 0 Å². The van der Waals surface area contributed by atoms with Crippen LogP contribution >= 0.6 is 0 Å². The van der Waals surface area contributed by atoms with E-state index in [1.807, 2.05) is 6.07 Å². The molecule has 1 fully saturated rings. The lowest BCUT2D eigenvalue weighted by molar-refractivity contribution is 0.319. The van der Waals surface area contributed by atoms with Crippen LogP contribution in [0.15, 0.2) is 18.2 Å². The van der Waals surface area contributed by atoms with Gasteiger partial charge in [0.25, 0.3) is 0 Å². The normalized spacial score (nSPS) is 26.0. The molecule has 1 saturated carbocycles. The molecule has 2 aliphatic carbocycles. The first kappa shape index (κ1) is 13.5. The summed E-state index contributed by atoms with van der Waals surface area (Å²) < 4.78 is 5.31. The third kappa shape index (κ3) is 2.53. The molecule has 0 bridgehead atoms. The van der Waals surface area contributed by atoms with E-state index >= 15 is 0 Å². The van der Waals surface area contributed by atoms with Crippen LogP contribution in [0, 0.1) is 11.3 Å². The Bertz CT molecular complexity index is 528. The Labute approximate surface area is 120 Å². The fraction of sp³-hybridized carbons (Fsp3) is 0.588. The van der Waals surface area contributed by atoms with Gasteiger partial charge in [-0.1, -0.05) is 18.9 Å². The van der Waals surface area contributed by atoms with Crippen molar-refractivity contribution >= 4 is 0 Å². The predicted octanol–water partition coefficient (Wildman–Crippen LogP) is 2.98. The summed E-state index contributed by atoms with van der Waals surface area (Å²) in [7, 11) is 1.69. The second-order valence-electron chi connectivity index (χ2n) is 6.13. The van der Waals surface area contributed by atoms with Gasteiger partial charge in [0.2, 0.25) is 0 Å². The average molecular weight is 270 g/mol. The number of nitrogens with zero attached hydrogens (tertiary/aromatic N) is 1. The molecule has 0 spiro atoms. The van der Waals surface area contributed by atoms with Crippen LogP contribution in [-0.4, -0.2) is 18.7 Å². The number of hydrogen-bond donors (Lipinski definition) is 1. The van der Waals surface area contributed by atoms with Gasteiger partial charge < -0.3 is 4.74 Å². The Kier molecular flexibility index (Phi) is 3.67. The molecule has 1 aromatic carbocycles. The highest BCUT2D eigenvalue weighted by molar-refractivity contribution is 5.40. The number of aryl methyl sites for hydroxylation is 1. The highest BCUT2D eigenvalue weighted by atomic mass is 16.5. The Hall–Kier alpha value is -1.53. The number of benzene rings is 1. The zero-order chi connectivity index (χ0) is 14.0. The standard InChI is InChI=1S/C17H22N2O/c1-20-16-7-6-13-8-9-17(12-18,11-14(13)10-16)19-15-4-2-3-5-15/h6-7,10,15,19H,2-5,8-9,11H2,1H3. The molecule has 3 nitrogen and oxygen atoms in total. The molecule has 0 amide bonds. The zero-order valence-corrected chi connectivity index (χ0v) is 12.1. The van der Waals surface area contributed by atoms with Gasteiger partial charge in [0.05, 0.1) is 13.2 Å². The molecule has 1 N–H and O–H groups in total. The van der Waals surface area contributed by atoms with Crippen molar-refractivity contribution in [2.45, 2.75) is 56.5 Å². The van der Waals surface area contributed by atoms with Gasteiger partial charge >= 0.3 is 0 Å². The summed E-state index contributed by atoms with van der Waals surface area (Å²) in [6.07, 6.45) is 7.72. The molecule has 0 saturated heterocycles. The lowest BCUT2D eigenvalue weighted by Crippen LogP contribution is -2.52. The second-order valence-corrected chi connectivity index (χ2v) is 6.13. The summed E-state index contributed by atoms with van der Waals surface area (Å²) in [5.41, 5.74) is 2.25. The Balaban J connectivity index is 1.82. The van der Waals surface area contributed by atoms with Crippen molar-refractivity contribution in [3.8, 4) is 11.8 Å². The Morgan fingerprint density at radius 2 is 2.10 bits per heavy atom. The zero-order valence-electron chi connectivity index (χ0n) is 12.1. The summed E-state index contributed by atoms with van der Waals surface area (Å²) >= 11 is 0. The van der Waals surface area contributed by atoms with Crippen LogP contribution in [0.3, 0.4) is 0 Å². The molecule has 20 heavy (non-hydrogen) atoms. The minimum absolute atomic E-state index is 0.381. The van der Waals surface area contributed by atoms with Crippen molar-refractivity contribution in [1.82, 2.24) is 5.32 Å². The molecule has 2 aliphatic rings. The molecule has 1 aromatic rings. The SMILES string of the molecule is COc1ccc2c(c1)CC(C#N)(NC1CCCC1)CC2. The molecule has 1 unspecified atom stereocenters. The topological polar surface area (TPSA) is 45.0 Å². The van der Waals surface area contributed by atoms with Crippen molar-refractivity contribution < 1.29 is 4.74 Å². The minimum atomic E-state index is -0.381. The van der Waals surface area contributed by atoms with Crippen molar-refractivity contribution in [2.24, 2.45) is 0 Å². The van der Waals surface area contributed by atoms with E-state index < -0.39 is 0 Å². The third-order valence-electron chi connectivity index (χ3n) is 4.78. The number of rotatable bonds is 3. The first-order valence-corrected chi connectivity index (χ1v) is 7.59. The molecule has 106 valence electrons. The number of ether oxygens (including phenoxy) is 1. The van der Waals surface area contributed by atoms with E-state index in [1.165, 1.54) is 36.8 Å². The molecule has 0 heterocycles. The Morgan fingerprint density at radius 1 is 1.30 bits per heavy atom. The van der Waals surface area contributed by atoms with Crippen molar-refractivity contribution in [2.75, 3.05) is 7.11 Å². The predicted molar refractivity (Wildman–Crippen MR) is 78.8 cm³/mol. The molecule has 0 radical (unpaired) electrons. The fourth-order valence-corrected chi connectivity index (χ4v) is 3.61. The fourth-order valence-electron chi connectivity index (χ4n) is 3.61. The summed E-state index contributed by atoms with van der Waals surface area (Å²) in [5.74, 6) is 0.887. The van der Waals surface area contributed by atoms with Gasteiger partial charge in [-0.05, 0) is 48.9 Å². The van der Waals surface area contributed by atoms with E-state index in [0.29, 0.717) is 6.04 Å². The first-order valence-electron chi connectivity index (χ1n) is 7.59. The first-order chi connectivity index (χ1) is 9.74. The smallest absolute Gasteiger partial charge is 0.119 e. The van der Waals surface area contributed by atoms with Crippen molar-refractivity contribution in [3.63, 3.8) is 0 Å². The number of hydrogen-bond acceptors (Lipinski definition) is 3. The lowest BCUT2D eigenvalue weighted by atomic mass is 9.78. The summed E-state index contributed by atoms with van der Waals surface area (Å²) in [6, 6.07) is 9.35. The van der Waals surface area contributed by atoms with E-state index in [1.54, 1.807) is 7.11 Å². The van der Waals surface area contributed by atoms with Crippen molar-refractivity contribution in [3.05, 3.63) is 29.3 Å². The average Bonchev–Trinajstić information content (AvgIpc) is 2.99. The third-order valence-corrected chi connectivity index (χ3v) is 4.78. The minimum Gasteiger partial charge on any atom is -0.497 e. The van der Waals surface area contributed by atoms with Crippen LogP contribution in [0.25, 0.3) is 0 Å². The number of methoxy groups -OCH3 is 1. The van der Waals surface area contributed by atoms with Crippen LogP contribution in [0.4, 0.5) is 0 Å². The molecular weight excluding hydrogens is 248 g/mol.